The van der Waals surface area contributed by atoms with E-state index in [1.165, 1.54) is 29.4 Å². The summed E-state index contributed by atoms with van der Waals surface area (Å²) in [5, 5.41) is 14.9. The van der Waals surface area contributed by atoms with E-state index in [2.05, 4.69) is 46.0 Å². The molecule has 7 heteroatoms. The first kappa shape index (κ1) is 17.1. The van der Waals surface area contributed by atoms with Gasteiger partial charge in [-0.3, -0.25) is 9.59 Å². The highest BCUT2D eigenvalue weighted by atomic mass is 32.1. The first-order chi connectivity index (χ1) is 11.0. The average Bonchev–Trinajstić information content (AvgIpc) is 2.90. The molecule has 0 radical (unpaired) electrons. The second-order valence-corrected chi connectivity index (χ2v) is 6.36. The molecule has 0 spiro atoms. The van der Waals surface area contributed by atoms with E-state index < -0.39 is 0 Å². The Labute approximate surface area is 139 Å². The van der Waals surface area contributed by atoms with E-state index in [1.54, 1.807) is 0 Å². The number of hydrogen-bond donors (Lipinski definition) is 2. The molecule has 2 aromatic rings. The minimum Gasteiger partial charge on any atom is -0.356 e. The number of anilines is 1. The fourth-order valence-electron chi connectivity index (χ4n) is 2.07. The van der Waals surface area contributed by atoms with Gasteiger partial charge in [-0.05, 0) is 18.9 Å². The third-order valence-corrected chi connectivity index (χ3v) is 3.94. The van der Waals surface area contributed by atoms with E-state index in [-0.39, 0.29) is 11.8 Å². The molecule has 0 unspecified atom stereocenters. The summed E-state index contributed by atoms with van der Waals surface area (Å²) in [5.41, 5.74) is 2.38. The quantitative estimate of drug-likeness (QED) is 0.762. The molecule has 2 rings (SSSR count). The Morgan fingerprint density at radius 3 is 2.83 bits per heavy atom. The van der Waals surface area contributed by atoms with Crippen LogP contribution < -0.4 is 10.6 Å². The molecule has 0 saturated carbocycles. The summed E-state index contributed by atoms with van der Waals surface area (Å²) in [6.45, 7) is 4.00. The van der Waals surface area contributed by atoms with Gasteiger partial charge in [0, 0.05) is 26.3 Å². The molecule has 0 bridgehead atoms. The number of aryl methyl sites for hydroxylation is 1. The Balaban J connectivity index is 1.80. The number of nitrogens with zero attached hydrogens (tertiary/aromatic N) is 2. The van der Waals surface area contributed by atoms with Crippen molar-refractivity contribution in [2.75, 3.05) is 11.9 Å². The van der Waals surface area contributed by atoms with Gasteiger partial charge in [-0.15, -0.1) is 10.2 Å². The van der Waals surface area contributed by atoms with Gasteiger partial charge in [0.1, 0.15) is 5.01 Å². The molecule has 0 aliphatic rings. The van der Waals surface area contributed by atoms with Gasteiger partial charge in [0.05, 0.1) is 0 Å². The minimum absolute atomic E-state index is 0.0877. The lowest BCUT2D eigenvalue weighted by atomic mass is 10.1. The SMILES string of the molecule is CC(=O)NCCCC(=O)Nc1nnc(Cc2cccc(C)c2)s1. The molecule has 0 aliphatic carbocycles. The van der Waals surface area contributed by atoms with Crippen molar-refractivity contribution >= 4 is 28.3 Å². The maximum atomic E-state index is 11.8. The lowest BCUT2D eigenvalue weighted by Crippen LogP contribution is -2.22. The van der Waals surface area contributed by atoms with Gasteiger partial charge in [-0.25, -0.2) is 0 Å². The third kappa shape index (κ3) is 6.15. The Kier molecular flexibility index (Phi) is 6.22. The number of carbonyl (C=O) groups is 2. The number of benzene rings is 1. The molecule has 6 nitrogen and oxygen atoms in total. The Morgan fingerprint density at radius 1 is 1.26 bits per heavy atom. The number of rotatable bonds is 7. The Hall–Kier alpha value is -2.28. The van der Waals surface area contributed by atoms with Crippen molar-refractivity contribution in [1.29, 1.82) is 0 Å². The van der Waals surface area contributed by atoms with E-state index in [0.717, 1.165) is 5.01 Å². The number of hydrogen-bond acceptors (Lipinski definition) is 5. The number of nitrogens with one attached hydrogen (secondary N) is 2. The molecule has 2 N–H and O–H groups in total. The van der Waals surface area contributed by atoms with Crippen molar-refractivity contribution in [3.05, 3.63) is 40.4 Å². The topological polar surface area (TPSA) is 84.0 Å². The second-order valence-electron chi connectivity index (χ2n) is 5.30. The summed E-state index contributed by atoms with van der Waals surface area (Å²) in [7, 11) is 0. The highest BCUT2D eigenvalue weighted by molar-refractivity contribution is 7.15. The maximum Gasteiger partial charge on any atom is 0.226 e. The molecule has 0 atom stereocenters. The number of carbonyl (C=O) groups excluding carboxylic acids is 2. The summed E-state index contributed by atoms with van der Waals surface area (Å²) >= 11 is 1.38. The zero-order valence-electron chi connectivity index (χ0n) is 13.3. The normalized spacial score (nSPS) is 10.3. The first-order valence-corrected chi connectivity index (χ1v) is 8.27. The largest absolute Gasteiger partial charge is 0.356 e. The van der Waals surface area contributed by atoms with Crippen LogP contribution in [0.4, 0.5) is 5.13 Å². The van der Waals surface area contributed by atoms with Crippen LogP contribution in [0, 0.1) is 6.92 Å². The molecular weight excluding hydrogens is 312 g/mol. The molecule has 122 valence electrons. The summed E-state index contributed by atoms with van der Waals surface area (Å²) < 4.78 is 0. The van der Waals surface area contributed by atoms with Crippen LogP contribution in [0.15, 0.2) is 24.3 Å². The second kappa shape index (κ2) is 8.38. The van der Waals surface area contributed by atoms with Crippen molar-refractivity contribution < 1.29 is 9.59 Å². The predicted octanol–water partition coefficient (Wildman–Crippen LogP) is 2.29. The third-order valence-electron chi connectivity index (χ3n) is 3.11. The molecular formula is C16H20N4O2S. The van der Waals surface area contributed by atoms with Crippen molar-refractivity contribution in [2.45, 2.75) is 33.1 Å². The lowest BCUT2D eigenvalue weighted by Gasteiger charge is -2.02. The highest BCUT2D eigenvalue weighted by Gasteiger charge is 2.09. The van der Waals surface area contributed by atoms with Gasteiger partial charge in [0.2, 0.25) is 16.9 Å². The van der Waals surface area contributed by atoms with Gasteiger partial charge in [-0.2, -0.15) is 0 Å². The van der Waals surface area contributed by atoms with Crippen molar-refractivity contribution in [3.63, 3.8) is 0 Å². The fourth-order valence-corrected chi connectivity index (χ4v) is 2.86. The van der Waals surface area contributed by atoms with Gasteiger partial charge >= 0.3 is 0 Å². The first-order valence-electron chi connectivity index (χ1n) is 7.45. The number of aromatic nitrogens is 2. The Bertz CT molecular complexity index is 684. The minimum atomic E-state index is -0.117. The van der Waals surface area contributed by atoms with E-state index in [4.69, 9.17) is 0 Å². The van der Waals surface area contributed by atoms with Crippen molar-refractivity contribution in [2.24, 2.45) is 0 Å². The van der Waals surface area contributed by atoms with E-state index in [9.17, 15) is 9.59 Å². The molecule has 0 aliphatic heterocycles. The summed E-state index contributed by atoms with van der Waals surface area (Å²) in [5.74, 6) is -0.205. The summed E-state index contributed by atoms with van der Waals surface area (Å²) in [6, 6.07) is 8.23. The molecule has 1 heterocycles. The van der Waals surface area contributed by atoms with E-state index >= 15 is 0 Å². The van der Waals surface area contributed by atoms with Crippen LogP contribution in [0.2, 0.25) is 0 Å². The van der Waals surface area contributed by atoms with Gasteiger partial charge in [0.25, 0.3) is 0 Å². The number of amides is 2. The van der Waals surface area contributed by atoms with Crippen LogP contribution in [-0.4, -0.2) is 28.6 Å². The van der Waals surface area contributed by atoms with Crippen molar-refractivity contribution in [3.8, 4) is 0 Å². The molecule has 2 amide bonds. The van der Waals surface area contributed by atoms with E-state index in [0.29, 0.717) is 30.9 Å². The van der Waals surface area contributed by atoms with Crippen LogP contribution >= 0.6 is 11.3 Å². The summed E-state index contributed by atoms with van der Waals surface area (Å²) in [4.78, 5) is 22.5. The molecule has 1 aromatic carbocycles. The molecule has 0 saturated heterocycles. The molecule has 1 aromatic heterocycles. The maximum absolute atomic E-state index is 11.8. The van der Waals surface area contributed by atoms with Gasteiger partial charge < -0.3 is 10.6 Å². The predicted molar refractivity (Wildman–Crippen MR) is 90.4 cm³/mol. The van der Waals surface area contributed by atoms with Crippen molar-refractivity contribution in [1.82, 2.24) is 15.5 Å². The van der Waals surface area contributed by atoms with Crippen LogP contribution in [0.25, 0.3) is 0 Å². The monoisotopic (exact) mass is 332 g/mol. The van der Waals surface area contributed by atoms with Gasteiger partial charge in [0.15, 0.2) is 0 Å². The Morgan fingerprint density at radius 2 is 2.09 bits per heavy atom. The molecule has 0 fully saturated rings. The smallest absolute Gasteiger partial charge is 0.226 e. The molecule has 23 heavy (non-hydrogen) atoms. The standard InChI is InChI=1S/C16H20N4O2S/c1-11-5-3-6-13(9-11)10-15-19-20-16(23-15)18-14(22)7-4-8-17-12(2)21/h3,5-6,9H,4,7-8,10H2,1-2H3,(H,17,21)(H,18,20,22). The van der Waals surface area contributed by atoms with Gasteiger partial charge in [-0.1, -0.05) is 41.2 Å². The summed E-state index contributed by atoms with van der Waals surface area (Å²) in [6.07, 6.45) is 1.64. The van der Waals surface area contributed by atoms with E-state index in [1.807, 2.05) is 6.07 Å². The van der Waals surface area contributed by atoms with Crippen LogP contribution in [-0.2, 0) is 16.0 Å². The lowest BCUT2D eigenvalue weighted by molar-refractivity contribution is -0.119. The zero-order chi connectivity index (χ0) is 16.7. The van der Waals surface area contributed by atoms with Crippen LogP contribution in [0.3, 0.4) is 0 Å². The average molecular weight is 332 g/mol. The van der Waals surface area contributed by atoms with Crippen LogP contribution in [0.5, 0.6) is 0 Å². The van der Waals surface area contributed by atoms with Crippen LogP contribution in [0.1, 0.15) is 35.9 Å². The highest BCUT2D eigenvalue weighted by Crippen LogP contribution is 2.19. The zero-order valence-corrected chi connectivity index (χ0v) is 14.1. The fraction of sp³-hybridized carbons (Fsp3) is 0.375.